The first kappa shape index (κ1) is 23.8. The molecule has 0 radical (unpaired) electrons. The highest BCUT2D eigenvalue weighted by Gasteiger charge is 2.48. The Hall–Kier alpha value is -1.91. The topological polar surface area (TPSA) is 106 Å². The van der Waals surface area contributed by atoms with E-state index >= 15 is 0 Å². The molecule has 0 unspecified atom stereocenters. The van der Waals surface area contributed by atoms with Crippen molar-refractivity contribution in [2.24, 2.45) is 23.7 Å². The van der Waals surface area contributed by atoms with E-state index in [9.17, 15) is 13.2 Å². The van der Waals surface area contributed by atoms with Crippen LogP contribution >= 0.6 is 0 Å². The first-order valence-electron chi connectivity index (χ1n) is 12.5. The van der Waals surface area contributed by atoms with Crippen LogP contribution in [0.1, 0.15) is 56.3 Å². The third-order valence-electron chi connectivity index (χ3n) is 7.93. The number of nitrogens with one attached hydrogen (secondary N) is 2. The van der Waals surface area contributed by atoms with Crippen LogP contribution in [0.4, 0.5) is 5.82 Å². The summed E-state index contributed by atoms with van der Waals surface area (Å²) in [6.45, 7) is 6.08. The number of carbonyl (C=O) groups excluding carboxylic acids is 1. The van der Waals surface area contributed by atoms with Crippen molar-refractivity contribution in [2.75, 3.05) is 37.5 Å². The molecular formula is C24H37N5O4S. The summed E-state index contributed by atoms with van der Waals surface area (Å²) in [5, 5.41) is 7.91. The van der Waals surface area contributed by atoms with Crippen LogP contribution in [-0.4, -0.2) is 68.2 Å². The second-order valence-electron chi connectivity index (χ2n) is 11.3. The lowest BCUT2D eigenvalue weighted by atomic mass is 9.54. The van der Waals surface area contributed by atoms with Crippen LogP contribution in [0.25, 0.3) is 6.20 Å². The van der Waals surface area contributed by atoms with Gasteiger partial charge >= 0.3 is 0 Å². The van der Waals surface area contributed by atoms with E-state index in [1.807, 2.05) is 0 Å². The molecule has 0 atom stereocenters. The van der Waals surface area contributed by atoms with Gasteiger partial charge in [0.25, 0.3) is 5.91 Å². The van der Waals surface area contributed by atoms with Gasteiger partial charge in [0.1, 0.15) is 11.4 Å². The highest BCUT2D eigenvalue weighted by molar-refractivity contribution is 7.88. The molecular weight excluding hydrogens is 454 g/mol. The number of rotatable bonds is 7. The normalized spacial score (nSPS) is 31.4. The molecule has 5 fully saturated rings. The van der Waals surface area contributed by atoms with Gasteiger partial charge in [0, 0.05) is 30.9 Å². The SMILES string of the molecule is CC(C)(/C=C/n1ncc(C(=O)NC2C3CC4CC(C3)CC2C4)c1N1CCOCC1)NS(C)(=O)=O. The predicted molar refractivity (Wildman–Crippen MR) is 131 cm³/mol. The molecule has 4 aliphatic carbocycles. The molecule has 6 rings (SSSR count). The van der Waals surface area contributed by atoms with Gasteiger partial charge in [-0.3, -0.25) is 4.79 Å². The zero-order chi connectivity index (χ0) is 24.1. The molecule has 1 aromatic heterocycles. The lowest BCUT2D eigenvalue weighted by Crippen LogP contribution is -2.55. The van der Waals surface area contributed by atoms with Gasteiger partial charge in [-0.25, -0.2) is 17.8 Å². The number of aromatic nitrogens is 2. The fourth-order valence-corrected chi connectivity index (χ4v) is 7.90. The number of amides is 1. The number of sulfonamides is 1. The molecule has 2 heterocycles. The number of carbonyl (C=O) groups is 1. The number of ether oxygens (including phenoxy) is 1. The second kappa shape index (κ2) is 8.95. The Bertz CT molecular complexity index is 1030. The first-order valence-corrected chi connectivity index (χ1v) is 14.4. The summed E-state index contributed by atoms with van der Waals surface area (Å²) < 4.78 is 33.3. The smallest absolute Gasteiger partial charge is 0.256 e. The van der Waals surface area contributed by atoms with Crippen LogP contribution in [0.5, 0.6) is 0 Å². The number of anilines is 1. The molecule has 0 spiro atoms. The van der Waals surface area contributed by atoms with E-state index in [2.05, 4.69) is 20.0 Å². The zero-order valence-corrected chi connectivity index (χ0v) is 21.2. The van der Waals surface area contributed by atoms with Gasteiger partial charge in [-0.05, 0) is 75.7 Å². The van der Waals surface area contributed by atoms with Crippen LogP contribution in [-0.2, 0) is 14.8 Å². The molecule has 1 aromatic rings. The van der Waals surface area contributed by atoms with Gasteiger partial charge in [0.2, 0.25) is 10.0 Å². The van der Waals surface area contributed by atoms with Crippen molar-refractivity contribution in [3.8, 4) is 0 Å². The Morgan fingerprint density at radius 2 is 1.74 bits per heavy atom. The molecule has 5 aliphatic rings. The Morgan fingerprint density at radius 1 is 1.12 bits per heavy atom. The monoisotopic (exact) mass is 491 g/mol. The van der Waals surface area contributed by atoms with Gasteiger partial charge in [-0.2, -0.15) is 5.10 Å². The van der Waals surface area contributed by atoms with Gasteiger partial charge < -0.3 is 15.0 Å². The van der Waals surface area contributed by atoms with Crippen molar-refractivity contribution >= 4 is 27.9 Å². The second-order valence-corrected chi connectivity index (χ2v) is 13.0. The van der Waals surface area contributed by atoms with E-state index in [1.165, 1.54) is 32.1 Å². The van der Waals surface area contributed by atoms with E-state index in [0.29, 0.717) is 43.7 Å². The molecule has 10 heteroatoms. The lowest BCUT2D eigenvalue weighted by Gasteiger charge is -2.54. The van der Waals surface area contributed by atoms with Crippen LogP contribution in [0, 0.1) is 23.7 Å². The minimum absolute atomic E-state index is 0.0628. The summed E-state index contributed by atoms with van der Waals surface area (Å²) in [6.07, 6.45) is 12.7. The standard InChI is InChI=1S/C24H37N5O4S/c1-24(2,27-34(3,31)32)4-5-29-23(28-6-8-33-9-7-28)20(15-25-29)22(30)26-21-18-11-16-10-17(13-18)14-19(21)12-16/h4-5,15-19,21,27H,6-14H2,1-3H3,(H,26,30)/b5-4+. The quantitative estimate of drug-likeness (QED) is 0.605. The molecule has 1 amide bonds. The van der Waals surface area contributed by atoms with Crippen molar-refractivity contribution in [3.63, 3.8) is 0 Å². The highest BCUT2D eigenvalue weighted by atomic mass is 32.2. The van der Waals surface area contributed by atoms with Gasteiger partial charge in [0.15, 0.2) is 0 Å². The summed E-state index contributed by atoms with van der Waals surface area (Å²) >= 11 is 0. The molecule has 1 saturated heterocycles. The van der Waals surface area contributed by atoms with E-state index in [0.717, 1.165) is 23.9 Å². The van der Waals surface area contributed by atoms with E-state index in [4.69, 9.17) is 4.74 Å². The molecule has 0 aromatic carbocycles. The molecule has 4 saturated carbocycles. The summed E-state index contributed by atoms with van der Waals surface area (Å²) in [5.74, 6) is 3.59. The average molecular weight is 492 g/mol. The maximum Gasteiger partial charge on any atom is 0.256 e. The van der Waals surface area contributed by atoms with Gasteiger partial charge in [-0.1, -0.05) is 0 Å². The van der Waals surface area contributed by atoms with Crippen LogP contribution in [0.15, 0.2) is 12.3 Å². The van der Waals surface area contributed by atoms with Gasteiger partial charge in [0.05, 0.1) is 25.7 Å². The zero-order valence-electron chi connectivity index (χ0n) is 20.4. The summed E-state index contributed by atoms with van der Waals surface area (Å²) in [4.78, 5) is 15.7. The lowest BCUT2D eigenvalue weighted by molar-refractivity contribution is -0.0119. The number of hydrogen-bond acceptors (Lipinski definition) is 6. The van der Waals surface area contributed by atoms with Crippen LogP contribution < -0.4 is 14.9 Å². The third kappa shape index (κ3) is 5.04. The summed E-state index contributed by atoms with van der Waals surface area (Å²) in [7, 11) is -3.37. The van der Waals surface area contributed by atoms with Crippen molar-refractivity contribution in [2.45, 2.75) is 57.5 Å². The largest absolute Gasteiger partial charge is 0.378 e. The molecule has 2 N–H and O–H groups in total. The first-order chi connectivity index (χ1) is 16.1. The highest BCUT2D eigenvalue weighted by Crippen LogP contribution is 2.53. The van der Waals surface area contributed by atoms with Crippen molar-refractivity contribution < 1.29 is 17.9 Å². The molecule has 9 nitrogen and oxygen atoms in total. The maximum absolute atomic E-state index is 13.6. The number of morpholine rings is 1. The van der Waals surface area contributed by atoms with Crippen molar-refractivity contribution in [3.05, 3.63) is 17.8 Å². The Morgan fingerprint density at radius 3 is 2.32 bits per heavy atom. The van der Waals surface area contributed by atoms with Crippen LogP contribution in [0.2, 0.25) is 0 Å². The van der Waals surface area contributed by atoms with E-state index in [-0.39, 0.29) is 11.9 Å². The average Bonchev–Trinajstić information content (AvgIpc) is 3.17. The minimum Gasteiger partial charge on any atom is -0.378 e. The summed E-state index contributed by atoms with van der Waals surface area (Å²) in [5.41, 5.74) is -0.237. The fraction of sp³-hybridized carbons (Fsp3) is 0.750. The summed E-state index contributed by atoms with van der Waals surface area (Å²) in [6, 6.07) is 0.259. The maximum atomic E-state index is 13.6. The fourth-order valence-electron chi connectivity index (χ4n) is 6.87. The Kier molecular flexibility index (Phi) is 6.27. The molecule has 1 aliphatic heterocycles. The van der Waals surface area contributed by atoms with Gasteiger partial charge in [-0.15, -0.1) is 0 Å². The third-order valence-corrected chi connectivity index (χ3v) is 8.83. The van der Waals surface area contributed by atoms with E-state index in [1.54, 1.807) is 37.0 Å². The van der Waals surface area contributed by atoms with Crippen LogP contribution in [0.3, 0.4) is 0 Å². The number of hydrogen-bond donors (Lipinski definition) is 2. The molecule has 188 valence electrons. The number of nitrogens with zero attached hydrogens (tertiary/aromatic N) is 3. The molecule has 34 heavy (non-hydrogen) atoms. The van der Waals surface area contributed by atoms with Crippen molar-refractivity contribution in [1.82, 2.24) is 19.8 Å². The Balaban J connectivity index is 1.39. The van der Waals surface area contributed by atoms with Crippen molar-refractivity contribution in [1.29, 1.82) is 0 Å². The minimum atomic E-state index is -3.37. The molecule has 4 bridgehead atoms. The predicted octanol–water partition coefficient (Wildman–Crippen LogP) is 2.07. The van der Waals surface area contributed by atoms with E-state index < -0.39 is 15.6 Å². The Labute approximate surface area is 202 Å².